The predicted octanol–water partition coefficient (Wildman–Crippen LogP) is 0.371. The molecule has 4 heteroatoms. The number of carbonyl (C=O) groups is 2. The van der Waals surface area contributed by atoms with E-state index in [4.69, 9.17) is 0 Å². The minimum atomic E-state index is -0.121. The average Bonchev–Trinajstić information content (AvgIpc) is 2.95. The lowest BCUT2D eigenvalue weighted by Crippen LogP contribution is -2.39. The summed E-state index contributed by atoms with van der Waals surface area (Å²) in [5, 5.41) is 3.17. The molecule has 2 saturated heterocycles. The second-order valence-electron chi connectivity index (χ2n) is 4.94. The van der Waals surface area contributed by atoms with Crippen molar-refractivity contribution >= 4 is 11.7 Å². The Morgan fingerprint density at radius 1 is 1.33 bits per heavy atom. The van der Waals surface area contributed by atoms with Crippen molar-refractivity contribution in [3.05, 3.63) is 35.9 Å². The summed E-state index contributed by atoms with van der Waals surface area (Å²) in [4.78, 5) is 25.8. The molecule has 2 heterocycles. The number of hydrogen-bond donors (Lipinski definition) is 1. The van der Waals surface area contributed by atoms with Crippen LogP contribution in [0.1, 0.15) is 12.0 Å². The molecule has 94 valence electrons. The topological polar surface area (TPSA) is 49.4 Å². The number of ketones is 1. The summed E-state index contributed by atoms with van der Waals surface area (Å²) in [6, 6.07) is 9.64. The molecule has 3 rings (SSSR count). The predicted molar refractivity (Wildman–Crippen MR) is 67.1 cm³/mol. The van der Waals surface area contributed by atoms with E-state index < -0.39 is 0 Å². The third kappa shape index (κ3) is 1.93. The normalized spacial score (nSPS) is 26.4. The van der Waals surface area contributed by atoms with Crippen molar-refractivity contribution < 1.29 is 9.59 Å². The summed E-state index contributed by atoms with van der Waals surface area (Å²) in [5.41, 5.74) is 1.00. The highest BCUT2D eigenvalue weighted by Crippen LogP contribution is 2.23. The Hall–Kier alpha value is -1.68. The van der Waals surface area contributed by atoms with Gasteiger partial charge in [-0.15, -0.1) is 0 Å². The van der Waals surface area contributed by atoms with E-state index in [0.717, 1.165) is 18.5 Å². The number of rotatable bonds is 2. The smallest absolute Gasteiger partial charge is 0.227 e. The van der Waals surface area contributed by atoms with E-state index in [1.54, 1.807) is 4.90 Å². The Labute approximate surface area is 106 Å². The van der Waals surface area contributed by atoms with Crippen LogP contribution in [0.2, 0.25) is 0 Å². The van der Waals surface area contributed by atoms with Crippen molar-refractivity contribution in [3.63, 3.8) is 0 Å². The molecule has 1 N–H and O–H groups in total. The van der Waals surface area contributed by atoms with Crippen LogP contribution in [0.5, 0.6) is 0 Å². The molecule has 0 radical (unpaired) electrons. The van der Waals surface area contributed by atoms with E-state index in [1.807, 2.05) is 30.3 Å². The zero-order valence-corrected chi connectivity index (χ0v) is 10.1. The third-order valence-corrected chi connectivity index (χ3v) is 3.78. The van der Waals surface area contributed by atoms with Gasteiger partial charge in [0, 0.05) is 0 Å². The summed E-state index contributed by atoms with van der Waals surface area (Å²) in [5.74, 6) is 0.213. The van der Waals surface area contributed by atoms with E-state index in [0.29, 0.717) is 6.42 Å². The van der Waals surface area contributed by atoms with E-state index in [9.17, 15) is 9.59 Å². The lowest BCUT2D eigenvalue weighted by atomic mass is 10.1. The Morgan fingerprint density at radius 2 is 2.11 bits per heavy atom. The molecule has 4 nitrogen and oxygen atoms in total. The standard InChI is InChI=1S/C14H16N2O2/c17-12-9-16(11-6-7-15-14(11)12)13(18)8-10-4-2-1-3-5-10/h1-5,11,14-15H,6-9H2. The highest BCUT2D eigenvalue weighted by Gasteiger charge is 2.45. The van der Waals surface area contributed by atoms with E-state index in [1.165, 1.54) is 0 Å². The minimum absolute atomic E-state index is 0.0609. The van der Waals surface area contributed by atoms with Gasteiger partial charge in [-0.05, 0) is 18.5 Å². The SMILES string of the molecule is O=C1CN(C(=O)Cc2ccccc2)C2CCNC12. The maximum absolute atomic E-state index is 12.2. The first-order chi connectivity index (χ1) is 8.75. The van der Waals surface area contributed by atoms with Crippen LogP contribution in [0, 0.1) is 0 Å². The number of fused-ring (bicyclic) bond motifs is 1. The number of benzene rings is 1. The number of nitrogens with zero attached hydrogens (tertiary/aromatic N) is 1. The van der Waals surface area contributed by atoms with Gasteiger partial charge in [-0.2, -0.15) is 0 Å². The molecule has 18 heavy (non-hydrogen) atoms. The zero-order chi connectivity index (χ0) is 12.5. The molecule has 2 atom stereocenters. The van der Waals surface area contributed by atoms with Crippen molar-refractivity contribution in [2.24, 2.45) is 0 Å². The molecule has 2 aliphatic heterocycles. The summed E-state index contributed by atoms with van der Waals surface area (Å²) in [7, 11) is 0. The van der Waals surface area contributed by atoms with E-state index in [-0.39, 0.29) is 30.3 Å². The molecular weight excluding hydrogens is 228 g/mol. The fourth-order valence-electron chi connectivity index (χ4n) is 2.88. The van der Waals surface area contributed by atoms with Crippen LogP contribution < -0.4 is 5.32 Å². The Bertz CT molecular complexity index is 472. The largest absolute Gasteiger partial charge is 0.330 e. The van der Waals surface area contributed by atoms with Gasteiger partial charge in [0.15, 0.2) is 5.78 Å². The number of carbonyl (C=O) groups excluding carboxylic acids is 2. The van der Waals surface area contributed by atoms with Crippen LogP contribution in [-0.4, -0.2) is 41.8 Å². The fraction of sp³-hybridized carbons (Fsp3) is 0.429. The van der Waals surface area contributed by atoms with E-state index >= 15 is 0 Å². The number of nitrogens with one attached hydrogen (secondary N) is 1. The number of Topliss-reactive ketones (excluding diaryl/α,β-unsaturated/α-hetero) is 1. The molecule has 2 aliphatic rings. The molecule has 0 bridgehead atoms. The number of likely N-dealkylation sites (tertiary alicyclic amines) is 1. The summed E-state index contributed by atoms with van der Waals surface area (Å²) in [6.45, 7) is 1.10. The lowest BCUT2D eigenvalue weighted by molar-refractivity contribution is -0.132. The summed E-state index contributed by atoms with van der Waals surface area (Å²) < 4.78 is 0. The Morgan fingerprint density at radius 3 is 2.89 bits per heavy atom. The van der Waals surface area contributed by atoms with Crippen molar-refractivity contribution in [1.82, 2.24) is 10.2 Å². The third-order valence-electron chi connectivity index (χ3n) is 3.78. The average molecular weight is 244 g/mol. The van der Waals surface area contributed by atoms with Gasteiger partial charge in [-0.25, -0.2) is 0 Å². The molecule has 1 aromatic rings. The quantitative estimate of drug-likeness (QED) is 0.817. The summed E-state index contributed by atoms with van der Waals surface area (Å²) in [6.07, 6.45) is 1.27. The Kier molecular flexibility index (Phi) is 2.88. The van der Waals surface area contributed by atoms with Crippen LogP contribution >= 0.6 is 0 Å². The first-order valence-electron chi connectivity index (χ1n) is 6.35. The van der Waals surface area contributed by atoms with Gasteiger partial charge in [0.05, 0.1) is 25.0 Å². The van der Waals surface area contributed by atoms with Crippen LogP contribution in [0.15, 0.2) is 30.3 Å². The maximum atomic E-state index is 12.2. The molecule has 0 aliphatic carbocycles. The second kappa shape index (κ2) is 4.53. The van der Waals surface area contributed by atoms with Gasteiger partial charge >= 0.3 is 0 Å². The van der Waals surface area contributed by atoms with Crippen LogP contribution in [0.4, 0.5) is 0 Å². The first kappa shape index (κ1) is 11.4. The van der Waals surface area contributed by atoms with Gasteiger partial charge in [-0.1, -0.05) is 30.3 Å². The molecule has 1 amide bonds. The van der Waals surface area contributed by atoms with Gasteiger partial charge in [0.25, 0.3) is 0 Å². The van der Waals surface area contributed by atoms with Crippen molar-refractivity contribution in [3.8, 4) is 0 Å². The Balaban J connectivity index is 1.72. The second-order valence-corrected chi connectivity index (χ2v) is 4.94. The van der Waals surface area contributed by atoms with Crippen LogP contribution in [-0.2, 0) is 16.0 Å². The van der Waals surface area contributed by atoms with Gasteiger partial charge in [0.2, 0.25) is 5.91 Å². The number of hydrogen-bond acceptors (Lipinski definition) is 3. The van der Waals surface area contributed by atoms with E-state index in [2.05, 4.69) is 5.32 Å². The summed E-state index contributed by atoms with van der Waals surface area (Å²) >= 11 is 0. The van der Waals surface area contributed by atoms with Crippen LogP contribution in [0.3, 0.4) is 0 Å². The van der Waals surface area contributed by atoms with Crippen molar-refractivity contribution in [2.45, 2.75) is 24.9 Å². The number of amides is 1. The molecule has 0 aromatic heterocycles. The van der Waals surface area contributed by atoms with Gasteiger partial charge < -0.3 is 10.2 Å². The van der Waals surface area contributed by atoms with Crippen molar-refractivity contribution in [2.75, 3.05) is 13.1 Å². The zero-order valence-electron chi connectivity index (χ0n) is 10.1. The minimum Gasteiger partial charge on any atom is -0.330 e. The van der Waals surface area contributed by atoms with Crippen molar-refractivity contribution in [1.29, 1.82) is 0 Å². The molecule has 1 aromatic carbocycles. The molecule has 0 saturated carbocycles. The first-order valence-corrected chi connectivity index (χ1v) is 6.35. The highest BCUT2D eigenvalue weighted by atomic mass is 16.2. The lowest BCUT2D eigenvalue weighted by Gasteiger charge is -2.22. The highest BCUT2D eigenvalue weighted by molar-refractivity contribution is 5.95. The van der Waals surface area contributed by atoms with Crippen LogP contribution in [0.25, 0.3) is 0 Å². The molecule has 2 fully saturated rings. The van der Waals surface area contributed by atoms with Gasteiger partial charge in [0.1, 0.15) is 0 Å². The van der Waals surface area contributed by atoms with Gasteiger partial charge in [-0.3, -0.25) is 9.59 Å². The molecular formula is C14H16N2O2. The monoisotopic (exact) mass is 244 g/mol. The maximum Gasteiger partial charge on any atom is 0.227 e. The molecule has 2 unspecified atom stereocenters. The molecule has 0 spiro atoms. The fourth-order valence-corrected chi connectivity index (χ4v) is 2.88.